The molecule has 0 saturated heterocycles. The Morgan fingerprint density at radius 2 is 1.61 bits per heavy atom. The lowest BCUT2D eigenvalue weighted by Gasteiger charge is -2.29. The molecule has 0 aromatic rings. The Morgan fingerprint density at radius 1 is 1.06 bits per heavy atom. The van der Waals surface area contributed by atoms with Crippen molar-refractivity contribution in [3.63, 3.8) is 0 Å². The van der Waals surface area contributed by atoms with Gasteiger partial charge in [0.2, 0.25) is 6.08 Å². The summed E-state index contributed by atoms with van der Waals surface area (Å²) in [4.78, 5) is 13.4. The third-order valence-corrected chi connectivity index (χ3v) is 3.94. The van der Waals surface area contributed by atoms with Crippen molar-refractivity contribution in [3.8, 4) is 0 Å². The van der Waals surface area contributed by atoms with Crippen LogP contribution in [0.4, 0.5) is 0 Å². The van der Waals surface area contributed by atoms with Gasteiger partial charge in [-0.25, -0.2) is 9.79 Å². The van der Waals surface area contributed by atoms with E-state index in [9.17, 15) is 4.79 Å². The van der Waals surface area contributed by atoms with E-state index in [-0.39, 0.29) is 5.41 Å². The van der Waals surface area contributed by atoms with Crippen molar-refractivity contribution in [1.82, 2.24) is 0 Å². The standard InChI is InChI=1S/C13H27NO3Si/c1-3-16-13(18,17-4-2)10-8-6-5-7-9-11-14-12-15/h3-11H2,1-2,18H3. The molecule has 0 aromatic carbocycles. The first-order chi connectivity index (χ1) is 8.68. The van der Waals surface area contributed by atoms with Crippen LogP contribution in [-0.4, -0.2) is 41.5 Å². The Morgan fingerprint density at radius 3 is 2.17 bits per heavy atom. The van der Waals surface area contributed by atoms with Crippen LogP contribution in [0, 0.1) is 0 Å². The van der Waals surface area contributed by atoms with Crippen molar-refractivity contribution in [2.45, 2.75) is 57.8 Å². The molecule has 0 aliphatic carbocycles. The number of nitrogens with zero attached hydrogens (tertiary/aromatic N) is 1. The lowest BCUT2D eigenvalue weighted by Crippen LogP contribution is -2.36. The van der Waals surface area contributed by atoms with Gasteiger partial charge in [0.15, 0.2) is 0 Å². The average Bonchev–Trinajstić information content (AvgIpc) is 2.33. The summed E-state index contributed by atoms with van der Waals surface area (Å²) >= 11 is 0. The third-order valence-electron chi connectivity index (χ3n) is 2.86. The topological polar surface area (TPSA) is 47.9 Å². The fourth-order valence-electron chi connectivity index (χ4n) is 2.01. The van der Waals surface area contributed by atoms with Crippen molar-refractivity contribution in [3.05, 3.63) is 0 Å². The highest BCUT2D eigenvalue weighted by Crippen LogP contribution is 2.18. The largest absolute Gasteiger partial charge is 0.355 e. The summed E-state index contributed by atoms with van der Waals surface area (Å²) in [5, 5.41) is 0. The Kier molecular flexibility index (Phi) is 11.3. The molecular formula is C13H27NO3Si. The molecule has 0 atom stereocenters. The highest BCUT2D eigenvalue weighted by molar-refractivity contribution is 6.13. The van der Waals surface area contributed by atoms with E-state index in [0.29, 0.717) is 19.8 Å². The predicted octanol–water partition coefficient (Wildman–Crippen LogP) is 1.76. The van der Waals surface area contributed by atoms with E-state index >= 15 is 0 Å². The zero-order valence-electron chi connectivity index (χ0n) is 12.0. The van der Waals surface area contributed by atoms with Gasteiger partial charge < -0.3 is 9.47 Å². The van der Waals surface area contributed by atoms with Gasteiger partial charge in [-0.05, 0) is 33.1 Å². The molecule has 0 aliphatic heterocycles. The van der Waals surface area contributed by atoms with Gasteiger partial charge in [-0.1, -0.05) is 19.3 Å². The van der Waals surface area contributed by atoms with Gasteiger partial charge in [-0.3, -0.25) is 0 Å². The summed E-state index contributed by atoms with van der Waals surface area (Å²) in [6.45, 7) is 6.07. The summed E-state index contributed by atoms with van der Waals surface area (Å²) in [5.74, 6) is 0. The molecule has 106 valence electrons. The quantitative estimate of drug-likeness (QED) is 0.179. The minimum absolute atomic E-state index is 0.286. The smallest absolute Gasteiger partial charge is 0.234 e. The molecule has 0 N–H and O–H groups in total. The molecule has 0 aliphatic rings. The van der Waals surface area contributed by atoms with Crippen LogP contribution in [0.3, 0.4) is 0 Å². The lowest BCUT2D eigenvalue weighted by molar-refractivity contribution is -0.177. The molecule has 0 amide bonds. The number of hydrogen-bond acceptors (Lipinski definition) is 4. The molecule has 0 saturated carbocycles. The van der Waals surface area contributed by atoms with Crippen LogP contribution in [-0.2, 0) is 14.3 Å². The Balaban J connectivity index is 3.57. The van der Waals surface area contributed by atoms with E-state index in [1.165, 1.54) is 12.8 Å². The van der Waals surface area contributed by atoms with Crippen LogP contribution >= 0.6 is 0 Å². The number of isocyanates is 1. The van der Waals surface area contributed by atoms with E-state index in [4.69, 9.17) is 9.47 Å². The van der Waals surface area contributed by atoms with Crippen LogP contribution in [0.5, 0.6) is 0 Å². The molecule has 0 bridgehead atoms. The van der Waals surface area contributed by atoms with Gasteiger partial charge >= 0.3 is 0 Å². The van der Waals surface area contributed by atoms with Crippen molar-refractivity contribution in [2.75, 3.05) is 19.8 Å². The second kappa shape index (κ2) is 11.6. The molecule has 0 radical (unpaired) electrons. The van der Waals surface area contributed by atoms with Gasteiger partial charge in [0.05, 0.1) is 16.8 Å². The zero-order valence-corrected chi connectivity index (χ0v) is 14.0. The first-order valence-electron chi connectivity index (χ1n) is 7.00. The molecule has 0 fully saturated rings. The molecular weight excluding hydrogens is 246 g/mol. The van der Waals surface area contributed by atoms with E-state index in [0.717, 1.165) is 35.9 Å². The summed E-state index contributed by atoms with van der Waals surface area (Å²) in [6, 6.07) is 0. The fraction of sp³-hybridized carbons (Fsp3) is 0.923. The van der Waals surface area contributed by atoms with E-state index in [2.05, 4.69) is 4.99 Å². The minimum atomic E-state index is -0.286. The van der Waals surface area contributed by atoms with E-state index in [1.54, 1.807) is 6.08 Å². The highest BCUT2D eigenvalue weighted by Gasteiger charge is 2.23. The maximum atomic E-state index is 9.86. The highest BCUT2D eigenvalue weighted by atomic mass is 28.1. The normalized spacial score (nSPS) is 11.4. The average molecular weight is 273 g/mol. The number of unbranched alkanes of at least 4 members (excludes halogenated alkanes) is 4. The van der Waals surface area contributed by atoms with Crippen molar-refractivity contribution < 1.29 is 14.3 Å². The minimum Gasteiger partial charge on any atom is -0.355 e. The number of carbonyl (C=O) groups excluding carboxylic acids is 1. The second-order valence-corrected chi connectivity index (χ2v) is 6.01. The number of rotatable bonds is 12. The maximum Gasteiger partial charge on any atom is 0.234 e. The molecule has 0 aromatic heterocycles. The predicted molar refractivity (Wildman–Crippen MR) is 76.6 cm³/mol. The van der Waals surface area contributed by atoms with Gasteiger partial charge in [0, 0.05) is 13.2 Å². The molecule has 5 heteroatoms. The Hall–Kier alpha value is -0.483. The van der Waals surface area contributed by atoms with Gasteiger partial charge in [-0.15, -0.1) is 0 Å². The number of hydrogen-bond donors (Lipinski definition) is 0. The van der Waals surface area contributed by atoms with Gasteiger partial charge in [0.1, 0.15) is 5.41 Å². The third kappa shape index (κ3) is 9.54. The van der Waals surface area contributed by atoms with E-state index < -0.39 is 0 Å². The molecule has 0 rings (SSSR count). The molecule has 0 spiro atoms. The van der Waals surface area contributed by atoms with Crippen LogP contribution in [0.1, 0.15) is 52.4 Å². The first-order valence-corrected chi connectivity index (χ1v) is 8.00. The summed E-state index contributed by atoms with van der Waals surface area (Å²) in [6.07, 6.45) is 8.18. The SMILES string of the molecule is CCOC([SiH3])(CCCCCCCN=C=O)OCC. The number of ether oxygens (including phenoxy) is 2. The fourth-order valence-corrected chi connectivity index (χ4v) is 2.94. The van der Waals surface area contributed by atoms with Crippen LogP contribution in [0.25, 0.3) is 0 Å². The summed E-state index contributed by atoms with van der Waals surface area (Å²) in [5.41, 5.74) is -0.286. The van der Waals surface area contributed by atoms with Crippen molar-refractivity contribution in [1.29, 1.82) is 0 Å². The molecule has 0 unspecified atom stereocenters. The number of aliphatic imine (C=N–C) groups is 1. The van der Waals surface area contributed by atoms with Crippen molar-refractivity contribution in [2.24, 2.45) is 4.99 Å². The monoisotopic (exact) mass is 273 g/mol. The lowest BCUT2D eigenvalue weighted by atomic mass is 10.1. The van der Waals surface area contributed by atoms with Crippen LogP contribution < -0.4 is 0 Å². The van der Waals surface area contributed by atoms with E-state index in [1.807, 2.05) is 13.8 Å². The summed E-state index contributed by atoms with van der Waals surface area (Å²) in [7, 11) is 0.906. The molecule has 18 heavy (non-hydrogen) atoms. The second-order valence-electron chi connectivity index (χ2n) is 4.49. The Labute approximate surface area is 114 Å². The van der Waals surface area contributed by atoms with Crippen LogP contribution in [0.2, 0.25) is 0 Å². The Bertz CT molecular complexity index is 236. The van der Waals surface area contributed by atoms with Crippen LogP contribution in [0.15, 0.2) is 4.99 Å². The molecule has 0 heterocycles. The van der Waals surface area contributed by atoms with Crippen molar-refractivity contribution >= 4 is 16.3 Å². The maximum absolute atomic E-state index is 9.86. The molecule has 4 nitrogen and oxygen atoms in total. The van der Waals surface area contributed by atoms with Gasteiger partial charge in [-0.2, -0.15) is 0 Å². The van der Waals surface area contributed by atoms with Gasteiger partial charge in [0.25, 0.3) is 0 Å². The summed E-state index contributed by atoms with van der Waals surface area (Å²) < 4.78 is 11.4. The zero-order chi connectivity index (χ0) is 13.7. The first kappa shape index (κ1) is 17.5.